The van der Waals surface area contributed by atoms with Crippen molar-refractivity contribution in [2.45, 2.75) is 20.4 Å². The highest BCUT2D eigenvalue weighted by Crippen LogP contribution is 2.03. The van der Waals surface area contributed by atoms with Gasteiger partial charge in [-0.3, -0.25) is 14.3 Å². The first-order valence-corrected chi connectivity index (χ1v) is 3.87. The molecule has 0 spiro atoms. The smallest absolute Gasteiger partial charge is 0.221 e. The second-order valence-corrected chi connectivity index (χ2v) is 2.81. The van der Waals surface area contributed by atoms with Crippen molar-refractivity contribution in [2.75, 3.05) is 5.32 Å². The van der Waals surface area contributed by atoms with Crippen molar-refractivity contribution in [2.24, 2.45) is 0 Å². The number of carbonyl (C=O) groups is 2. The van der Waals surface area contributed by atoms with Gasteiger partial charge in [-0.05, 0) is 6.92 Å². The third-order valence-corrected chi connectivity index (χ3v) is 1.34. The molecule has 70 valence electrons. The molecule has 0 saturated heterocycles. The number of nitrogens with one attached hydrogen (secondary N) is 1. The Kier molecular flexibility index (Phi) is 2.79. The Morgan fingerprint density at radius 3 is 2.77 bits per heavy atom. The highest BCUT2D eigenvalue weighted by molar-refractivity contribution is 5.88. The van der Waals surface area contributed by atoms with Gasteiger partial charge in [0, 0.05) is 13.1 Å². The first-order chi connectivity index (χ1) is 6.08. The van der Waals surface area contributed by atoms with Crippen LogP contribution in [0.25, 0.3) is 0 Å². The van der Waals surface area contributed by atoms with Crippen molar-refractivity contribution in [1.29, 1.82) is 0 Å². The molecule has 0 aliphatic carbocycles. The second kappa shape index (κ2) is 3.84. The Labute approximate surface area is 75.7 Å². The highest BCUT2D eigenvalue weighted by Gasteiger charge is 2.01. The molecule has 1 heterocycles. The molecule has 0 fully saturated rings. The molecule has 0 radical (unpaired) electrons. The summed E-state index contributed by atoms with van der Waals surface area (Å²) in [6.07, 6.45) is 3.12. The van der Waals surface area contributed by atoms with Crippen LogP contribution in [0.5, 0.6) is 0 Å². The quantitative estimate of drug-likeness (QED) is 0.735. The summed E-state index contributed by atoms with van der Waals surface area (Å²) in [7, 11) is 0. The van der Waals surface area contributed by atoms with Crippen molar-refractivity contribution < 1.29 is 9.59 Å². The molecular weight excluding hydrogens is 170 g/mol. The van der Waals surface area contributed by atoms with Crippen molar-refractivity contribution in [3.05, 3.63) is 12.4 Å². The van der Waals surface area contributed by atoms with Gasteiger partial charge in [-0.1, -0.05) is 0 Å². The fourth-order valence-corrected chi connectivity index (χ4v) is 0.946. The summed E-state index contributed by atoms with van der Waals surface area (Å²) >= 11 is 0. The molecule has 5 nitrogen and oxygen atoms in total. The molecular formula is C8H11N3O2. The molecule has 13 heavy (non-hydrogen) atoms. The molecule has 0 aliphatic rings. The number of anilines is 1. The number of nitrogens with zero attached hydrogens (tertiary/aromatic N) is 2. The zero-order chi connectivity index (χ0) is 9.84. The van der Waals surface area contributed by atoms with Crippen LogP contribution in [0.3, 0.4) is 0 Å². The maximum Gasteiger partial charge on any atom is 0.221 e. The Morgan fingerprint density at radius 1 is 1.54 bits per heavy atom. The van der Waals surface area contributed by atoms with Crippen LogP contribution in [0.2, 0.25) is 0 Å². The van der Waals surface area contributed by atoms with Crippen molar-refractivity contribution >= 4 is 17.4 Å². The fraction of sp³-hybridized carbons (Fsp3) is 0.375. The third-order valence-electron chi connectivity index (χ3n) is 1.34. The van der Waals surface area contributed by atoms with E-state index in [1.54, 1.807) is 6.20 Å². The van der Waals surface area contributed by atoms with Crippen LogP contribution in [0.15, 0.2) is 12.4 Å². The number of carbonyl (C=O) groups excluding carboxylic acids is 2. The number of rotatable bonds is 3. The van der Waals surface area contributed by atoms with Gasteiger partial charge >= 0.3 is 0 Å². The maximum absolute atomic E-state index is 10.7. The average molecular weight is 181 g/mol. The number of hydrogen-bond donors (Lipinski definition) is 1. The van der Waals surface area contributed by atoms with Gasteiger partial charge in [0.1, 0.15) is 0 Å². The van der Waals surface area contributed by atoms with E-state index in [9.17, 15) is 9.59 Å². The first-order valence-electron chi connectivity index (χ1n) is 3.87. The minimum Gasteiger partial charge on any atom is -0.324 e. The second-order valence-electron chi connectivity index (χ2n) is 2.81. The molecule has 5 heteroatoms. The van der Waals surface area contributed by atoms with E-state index in [0.717, 1.165) is 0 Å². The topological polar surface area (TPSA) is 64.0 Å². The molecule has 1 aromatic heterocycles. The van der Waals surface area contributed by atoms with Crippen LogP contribution in [0.4, 0.5) is 5.69 Å². The van der Waals surface area contributed by atoms with E-state index in [1.807, 2.05) is 0 Å². The van der Waals surface area contributed by atoms with E-state index in [2.05, 4.69) is 10.4 Å². The molecule has 1 rings (SSSR count). The number of Topliss-reactive ketones (excluding diaryl/α,β-unsaturated/α-hetero) is 1. The molecule has 0 aliphatic heterocycles. The van der Waals surface area contributed by atoms with E-state index in [4.69, 9.17) is 0 Å². The molecule has 0 atom stereocenters. The van der Waals surface area contributed by atoms with Crippen molar-refractivity contribution in [3.63, 3.8) is 0 Å². The van der Waals surface area contributed by atoms with Gasteiger partial charge in [0.2, 0.25) is 5.91 Å². The van der Waals surface area contributed by atoms with Crippen LogP contribution in [-0.4, -0.2) is 21.5 Å². The monoisotopic (exact) mass is 181 g/mol. The molecule has 0 saturated carbocycles. The molecule has 1 aromatic rings. The van der Waals surface area contributed by atoms with Crippen LogP contribution in [0, 0.1) is 0 Å². The Bertz CT molecular complexity index is 299. The highest BCUT2D eigenvalue weighted by atomic mass is 16.1. The summed E-state index contributed by atoms with van der Waals surface area (Å²) in [6, 6.07) is 0. The van der Waals surface area contributed by atoms with E-state index in [1.165, 1.54) is 24.7 Å². The largest absolute Gasteiger partial charge is 0.324 e. The normalized spacial score (nSPS) is 9.69. The first kappa shape index (κ1) is 9.44. The minimum atomic E-state index is -0.151. The lowest BCUT2D eigenvalue weighted by molar-refractivity contribution is -0.117. The fourth-order valence-electron chi connectivity index (χ4n) is 0.946. The van der Waals surface area contributed by atoms with E-state index in [-0.39, 0.29) is 18.2 Å². The van der Waals surface area contributed by atoms with Crippen LogP contribution in [0.1, 0.15) is 13.8 Å². The molecule has 0 unspecified atom stereocenters. The van der Waals surface area contributed by atoms with E-state index < -0.39 is 0 Å². The van der Waals surface area contributed by atoms with Crippen LogP contribution in [-0.2, 0) is 16.1 Å². The Morgan fingerprint density at radius 2 is 2.23 bits per heavy atom. The lowest BCUT2D eigenvalue weighted by atomic mass is 10.4. The Balaban J connectivity index is 2.63. The van der Waals surface area contributed by atoms with Crippen molar-refractivity contribution in [3.8, 4) is 0 Å². The summed E-state index contributed by atoms with van der Waals surface area (Å²) in [4.78, 5) is 21.3. The molecule has 0 aromatic carbocycles. The van der Waals surface area contributed by atoms with Gasteiger partial charge in [-0.2, -0.15) is 5.10 Å². The van der Waals surface area contributed by atoms with Gasteiger partial charge in [0.05, 0.1) is 18.4 Å². The molecule has 0 bridgehead atoms. The lowest BCUT2D eigenvalue weighted by Gasteiger charge is -1.95. The zero-order valence-electron chi connectivity index (χ0n) is 7.57. The van der Waals surface area contributed by atoms with Gasteiger partial charge < -0.3 is 5.32 Å². The Hall–Kier alpha value is -1.65. The molecule has 1 amide bonds. The maximum atomic E-state index is 10.7. The van der Waals surface area contributed by atoms with Gasteiger partial charge in [-0.25, -0.2) is 0 Å². The van der Waals surface area contributed by atoms with Crippen LogP contribution < -0.4 is 5.32 Å². The predicted octanol–water partition coefficient (Wildman–Crippen LogP) is 0.430. The number of ketones is 1. The lowest BCUT2D eigenvalue weighted by Crippen LogP contribution is -2.07. The predicted molar refractivity (Wildman–Crippen MR) is 47.2 cm³/mol. The minimum absolute atomic E-state index is 0.0254. The molecule has 1 N–H and O–H groups in total. The summed E-state index contributed by atoms with van der Waals surface area (Å²) in [6.45, 7) is 3.14. The number of amides is 1. The SMILES string of the molecule is CC(=O)Cn1cc(NC(C)=O)cn1. The third kappa shape index (κ3) is 3.06. The average Bonchev–Trinajstić information content (AvgIpc) is 2.33. The summed E-state index contributed by atoms with van der Waals surface area (Å²) in [5.74, 6) is -0.125. The summed E-state index contributed by atoms with van der Waals surface area (Å²) < 4.78 is 1.48. The van der Waals surface area contributed by atoms with Gasteiger partial charge in [0.25, 0.3) is 0 Å². The number of aromatic nitrogens is 2. The van der Waals surface area contributed by atoms with E-state index in [0.29, 0.717) is 5.69 Å². The number of hydrogen-bond acceptors (Lipinski definition) is 3. The summed E-state index contributed by atoms with van der Waals surface area (Å²) in [5.41, 5.74) is 0.605. The van der Waals surface area contributed by atoms with Gasteiger partial charge in [-0.15, -0.1) is 0 Å². The summed E-state index contributed by atoms with van der Waals surface area (Å²) in [5, 5.41) is 6.46. The van der Waals surface area contributed by atoms with Crippen molar-refractivity contribution in [1.82, 2.24) is 9.78 Å². The standard InChI is InChI=1S/C8H11N3O2/c1-6(12)4-11-5-8(3-9-11)10-7(2)13/h3,5H,4H2,1-2H3,(H,10,13). The van der Waals surface area contributed by atoms with E-state index >= 15 is 0 Å². The van der Waals surface area contributed by atoms with Gasteiger partial charge in [0.15, 0.2) is 5.78 Å². The van der Waals surface area contributed by atoms with Crippen LogP contribution >= 0.6 is 0 Å². The zero-order valence-corrected chi connectivity index (χ0v) is 7.57.